The highest BCUT2D eigenvalue weighted by Crippen LogP contribution is 2.30. The van der Waals surface area contributed by atoms with Gasteiger partial charge in [-0.2, -0.15) is 0 Å². The average molecular weight is 286 g/mol. The van der Waals surface area contributed by atoms with Gasteiger partial charge in [-0.25, -0.2) is 0 Å². The summed E-state index contributed by atoms with van der Waals surface area (Å²) in [5.41, 5.74) is 0.779. The Morgan fingerprint density at radius 1 is 1.14 bits per heavy atom. The molecule has 2 saturated heterocycles. The SMILES string of the molecule is O=C(c1ccc(OCC2CC2)cc1)N1C[C@H]2CNC[C@H]2C1. The van der Waals surface area contributed by atoms with Gasteiger partial charge in [-0.1, -0.05) is 0 Å². The van der Waals surface area contributed by atoms with Crippen LogP contribution in [0, 0.1) is 17.8 Å². The number of nitrogens with zero attached hydrogens (tertiary/aromatic N) is 1. The number of nitrogens with one attached hydrogen (secondary N) is 1. The van der Waals surface area contributed by atoms with E-state index in [9.17, 15) is 4.79 Å². The van der Waals surface area contributed by atoms with Gasteiger partial charge in [-0.15, -0.1) is 0 Å². The Morgan fingerprint density at radius 3 is 2.43 bits per heavy atom. The zero-order valence-corrected chi connectivity index (χ0v) is 12.3. The largest absolute Gasteiger partial charge is 0.493 e. The molecule has 21 heavy (non-hydrogen) atoms. The van der Waals surface area contributed by atoms with E-state index in [-0.39, 0.29) is 5.91 Å². The van der Waals surface area contributed by atoms with Crippen LogP contribution in [0.25, 0.3) is 0 Å². The van der Waals surface area contributed by atoms with Gasteiger partial charge in [0, 0.05) is 31.7 Å². The van der Waals surface area contributed by atoms with Crippen LogP contribution < -0.4 is 10.1 Å². The van der Waals surface area contributed by atoms with Crippen LogP contribution in [0.5, 0.6) is 5.75 Å². The first kappa shape index (κ1) is 13.1. The van der Waals surface area contributed by atoms with E-state index in [2.05, 4.69) is 5.32 Å². The van der Waals surface area contributed by atoms with Gasteiger partial charge in [-0.05, 0) is 54.9 Å². The first-order chi connectivity index (χ1) is 10.3. The predicted molar refractivity (Wildman–Crippen MR) is 80.4 cm³/mol. The quantitative estimate of drug-likeness (QED) is 0.917. The second kappa shape index (κ2) is 5.34. The fourth-order valence-corrected chi connectivity index (χ4v) is 3.40. The molecule has 0 bridgehead atoms. The number of hydrogen-bond donors (Lipinski definition) is 1. The summed E-state index contributed by atoms with van der Waals surface area (Å²) in [4.78, 5) is 14.5. The number of amides is 1. The van der Waals surface area contributed by atoms with Crippen molar-refractivity contribution in [2.45, 2.75) is 12.8 Å². The van der Waals surface area contributed by atoms with Gasteiger partial charge in [0.2, 0.25) is 0 Å². The molecule has 1 aliphatic carbocycles. The van der Waals surface area contributed by atoms with Crippen LogP contribution in [-0.4, -0.2) is 43.6 Å². The number of fused-ring (bicyclic) bond motifs is 1. The maximum Gasteiger partial charge on any atom is 0.253 e. The molecule has 112 valence electrons. The first-order valence-electron chi connectivity index (χ1n) is 8.02. The number of ether oxygens (including phenoxy) is 1. The predicted octanol–water partition coefficient (Wildman–Crippen LogP) is 1.77. The van der Waals surface area contributed by atoms with Gasteiger partial charge in [0.15, 0.2) is 0 Å². The van der Waals surface area contributed by atoms with Gasteiger partial charge < -0.3 is 15.0 Å². The molecular formula is C17H22N2O2. The molecule has 1 saturated carbocycles. The number of carbonyl (C=O) groups is 1. The van der Waals surface area contributed by atoms with Crippen molar-refractivity contribution in [3.8, 4) is 5.75 Å². The lowest BCUT2D eigenvalue weighted by Gasteiger charge is -2.17. The Morgan fingerprint density at radius 2 is 1.81 bits per heavy atom. The standard InChI is InChI=1S/C17H22N2O2/c20-17(19-9-14-7-18-8-15(14)10-19)13-3-5-16(6-4-13)21-11-12-1-2-12/h3-6,12,14-15,18H,1-2,7-11H2/t14-,15+. The molecule has 4 nitrogen and oxygen atoms in total. The zero-order chi connectivity index (χ0) is 14.2. The van der Waals surface area contributed by atoms with Crippen LogP contribution in [-0.2, 0) is 0 Å². The Balaban J connectivity index is 1.37. The minimum absolute atomic E-state index is 0.165. The Bertz CT molecular complexity index is 512. The van der Waals surface area contributed by atoms with Gasteiger partial charge in [-0.3, -0.25) is 4.79 Å². The average Bonchev–Trinajstić information content (AvgIpc) is 3.09. The van der Waals surface area contributed by atoms with Crippen LogP contribution in [0.1, 0.15) is 23.2 Å². The lowest BCUT2D eigenvalue weighted by molar-refractivity contribution is 0.0781. The minimum atomic E-state index is 0.165. The molecule has 4 rings (SSSR count). The molecule has 0 unspecified atom stereocenters. The number of benzene rings is 1. The second-order valence-electron chi connectivity index (χ2n) is 6.67. The van der Waals surface area contributed by atoms with Crippen LogP contribution in [0.2, 0.25) is 0 Å². The number of rotatable bonds is 4. The molecule has 1 N–H and O–H groups in total. The maximum absolute atomic E-state index is 12.5. The van der Waals surface area contributed by atoms with Gasteiger partial charge in [0.05, 0.1) is 6.61 Å². The molecule has 1 amide bonds. The van der Waals surface area contributed by atoms with E-state index in [0.29, 0.717) is 11.8 Å². The van der Waals surface area contributed by atoms with E-state index in [0.717, 1.165) is 50.0 Å². The smallest absolute Gasteiger partial charge is 0.253 e. The fourth-order valence-electron chi connectivity index (χ4n) is 3.40. The van der Waals surface area contributed by atoms with Gasteiger partial charge in [0.1, 0.15) is 5.75 Å². The molecule has 2 atom stereocenters. The normalized spacial score (nSPS) is 27.7. The molecule has 0 radical (unpaired) electrons. The van der Waals surface area contributed by atoms with Crippen molar-refractivity contribution in [1.29, 1.82) is 0 Å². The lowest BCUT2D eigenvalue weighted by Crippen LogP contribution is -2.31. The minimum Gasteiger partial charge on any atom is -0.493 e. The molecule has 0 spiro atoms. The van der Waals surface area contributed by atoms with Crippen LogP contribution in [0.15, 0.2) is 24.3 Å². The van der Waals surface area contributed by atoms with Crippen molar-refractivity contribution < 1.29 is 9.53 Å². The van der Waals surface area contributed by atoms with E-state index in [4.69, 9.17) is 4.74 Å². The maximum atomic E-state index is 12.5. The monoisotopic (exact) mass is 286 g/mol. The second-order valence-corrected chi connectivity index (χ2v) is 6.67. The molecule has 4 heteroatoms. The summed E-state index contributed by atoms with van der Waals surface area (Å²) >= 11 is 0. The summed E-state index contributed by atoms with van der Waals surface area (Å²) in [5, 5.41) is 3.40. The van der Waals surface area contributed by atoms with Gasteiger partial charge in [0.25, 0.3) is 5.91 Å². The molecule has 1 aromatic rings. The Labute approximate surface area is 125 Å². The van der Waals surface area contributed by atoms with E-state index < -0.39 is 0 Å². The highest BCUT2D eigenvalue weighted by molar-refractivity contribution is 5.94. The first-order valence-corrected chi connectivity index (χ1v) is 8.02. The number of carbonyl (C=O) groups excluding carboxylic acids is 1. The molecule has 3 aliphatic rings. The van der Waals surface area contributed by atoms with Crippen molar-refractivity contribution in [3.63, 3.8) is 0 Å². The van der Waals surface area contributed by atoms with Crippen molar-refractivity contribution >= 4 is 5.91 Å². The molecule has 1 aromatic carbocycles. The summed E-state index contributed by atoms with van der Waals surface area (Å²) in [6.07, 6.45) is 2.59. The van der Waals surface area contributed by atoms with E-state index in [1.807, 2.05) is 29.2 Å². The summed E-state index contributed by atoms with van der Waals surface area (Å²) in [6.45, 7) is 4.73. The van der Waals surface area contributed by atoms with E-state index in [1.54, 1.807) is 0 Å². The highest BCUT2D eigenvalue weighted by atomic mass is 16.5. The van der Waals surface area contributed by atoms with Crippen LogP contribution in [0.3, 0.4) is 0 Å². The van der Waals surface area contributed by atoms with Crippen molar-refractivity contribution in [1.82, 2.24) is 10.2 Å². The van der Waals surface area contributed by atoms with E-state index in [1.165, 1.54) is 12.8 Å². The summed E-state index contributed by atoms with van der Waals surface area (Å²) in [5.74, 6) is 3.09. The summed E-state index contributed by atoms with van der Waals surface area (Å²) < 4.78 is 5.72. The molecule has 3 fully saturated rings. The summed E-state index contributed by atoms with van der Waals surface area (Å²) in [7, 11) is 0. The highest BCUT2D eigenvalue weighted by Gasteiger charge is 2.38. The van der Waals surface area contributed by atoms with Crippen LogP contribution >= 0.6 is 0 Å². The zero-order valence-electron chi connectivity index (χ0n) is 12.3. The Hall–Kier alpha value is -1.55. The third kappa shape index (κ3) is 2.77. The van der Waals surface area contributed by atoms with Gasteiger partial charge >= 0.3 is 0 Å². The van der Waals surface area contributed by atoms with Crippen molar-refractivity contribution in [3.05, 3.63) is 29.8 Å². The molecule has 0 aromatic heterocycles. The topological polar surface area (TPSA) is 41.6 Å². The molecular weight excluding hydrogens is 264 g/mol. The number of likely N-dealkylation sites (tertiary alicyclic amines) is 1. The third-order valence-electron chi connectivity index (χ3n) is 4.96. The van der Waals surface area contributed by atoms with Crippen LogP contribution in [0.4, 0.5) is 0 Å². The van der Waals surface area contributed by atoms with E-state index >= 15 is 0 Å². The lowest BCUT2D eigenvalue weighted by atomic mass is 10.0. The number of hydrogen-bond acceptors (Lipinski definition) is 3. The Kier molecular flexibility index (Phi) is 3.34. The summed E-state index contributed by atoms with van der Waals surface area (Å²) in [6, 6.07) is 7.65. The molecule has 2 heterocycles. The third-order valence-corrected chi connectivity index (χ3v) is 4.96. The fraction of sp³-hybridized carbons (Fsp3) is 0.588. The molecule has 2 aliphatic heterocycles. The van der Waals surface area contributed by atoms with Crippen molar-refractivity contribution in [2.75, 3.05) is 32.8 Å². The van der Waals surface area contributed by atoms with Crippen molar-refractivity contribution in [2.24, 2.45) is 17.8 Å².